The van der Waals surface area contributed by atoms with Crippen LogP contribution in [0.2, 0.25) is 0 Å². The molecule has 0 bridgehead atoms. The lowest BCUT2D eigenvalue weighted by atomic mass is 9.89. The van der Waals surface area contributed by atoms with Crippen molar-refractivity contribution in [3.63, 3.8) is 0 Å². The molecular weight excluding hydrogens is 344 g/mol. The molecule has 1 atom stereocenters. The number of anilines is 1. The van der Waals surface area contributed by atoms with E-state index in [9.17, 15) is 4.79 Å². The predicted octanol–water partition coefficient (Wildman–Crippen LogP) is 4.00. The molecule has 0 aliphatic carbocycles. The fourth-order valence-electron chi connectivity index (χ4n) is 3.48. The molecule has 1 aromatic heterocycles. The number of rotatable bonds is 3. The van der Waals surface area contributed by atoms with Crippen LogP contribution in [0.3, 0.4) is 0 Å². The van der Waals surface area contributed by atoms with Gasteiger partial charge in [-0.05, 0) is 38.1 Å². The molecule has 2 heterocycles. The van der Waals surface area contributed by atoms with Crippen LogP contribution in [0, 0.1) is 0 Å². The Labute approximate surface area is 157 Å². The zero-order chi connectivity index (χ0) is 19.0. The second-order valence-corrected chi connectivity index (χ2v) is 7.26. The standard InChI is InChI=1S/C20H22N4O3/c1-20(2)10-17(13-8-7-12(26-3)9-18(13)27-20)23-19(25)22-15-5-4-6-16-14(15)11-21-24-16/h4-9,11,17H,10H2,1-3H3,(H,21,24)(H2,22,23,25). The molecule has 1 aliphatic heterocycles. The Bertz CT molecular complexity index is 996. The van der Waals surface area contributed by atoms with E-state index in [0.29, 0.717) is 12.1 Å². The summed E-state index contributed by atoms with van der Waals surface area (Å²) in [5.74, 6) is 1.45. The monoisotopic (exact) mass is 366 g/mol. The van der Waals surface area contributed by atoms with E-state index in [0.717, 1.165) is 28.0 Å². The maximum Gasteiger partial charge on any atom is 0.319 e. The quantitative estimate of drug-likeness (QED) is 0.654. The molecule has 3 aromatic rings. The molecule has 0 saturated heterocycles. The number of carbonyl (C=O) groups excluding carboxylic acids is 1. The Morgan fingerprint density at radius 2 is 2.19 bits per heavy atom. The van der Waals surface area contributed by atoms with E-state index in [-0.39, 0.29) is 12.1 Å². The van der Waals surface area contributed by atoms with E-state index >= 15 is 0 Å². The summed E-state index contributed by atoms with van der Waals surface area (Å²) in [6.45, 7) is 4.02. The number of aromatic amines is 1. The van der Waals surface area contributed by atoms with Gasteiger partial charge < -0.3 is 20.1 Å². The van der Waals surface area contributed by atoms with E-state index in [4.69, 9.17) is 9.47 Å². The largest absolute Gasteiger partial charge is 0.497 e. The molecule has 2 aromatic carbocycles. The van der Waals surface area contributed by atoms with Gasteiger partial charge in [0.2, 0.25) is 0 Å². The number of fused-ring (bicyclic) bond motifs is 2. The van der Waals surface area contributed by atoms with Gasteiger partial charge in [0.15, 0.2) is 0 Å². The van der Waals surface area contributed by atoms with E-state index in [1.165, 1.54) is 0 Å². The Kier molecular flexibility index (Phi) is 4.14. The van der Waals surface area contributed by atoms with Gasteiger partial charge in [0, 0.05) is 23.4 Å². The SMILES string of the molecule is COc1ccc2c(c1)OC(C)(C)CC2NC(=O)Nc1cccc2[nH]ncc12. The molecule has 7 nitrogen and oxygen atoms in total. The van der Waals surface area contributed by atoms with Crippen molar-refractivity contribution in [3.05, 3.63) is 48.2 Å². The van der Waals surface area contributed by atoms with Crippen LogP contribution in [-0.4, -0.2) is 28.9 Å². The Hall–Kier alpha value is -3.22. The molecule has 1 unspecified atom stereocenters. The summed E-state index contributed by atoms with van der Waals surface area (Å²) < 4.78 is 11.4. The first-order valence-corrected chi connectivity index (χ1v) is 8.82. The third-order valence-electron chi connectivity index (χ3n) is 4.72. The highest BCUT2D eigenvalue weighted by Gasteiger charge is 2.34. The van der Waals surface area contributed by atoms with Crippen molar-refractivity contribution >= 4 is 22.6 Å². The Morgan fingerprint density at radius 3 is 3.00 bits per heavy atom. The molecule has 3 N–H and O–H groups in total. The molecule has 1 aliphatic rings. The van der Waals surface area contributed by atoms with Gasteiger partial charge in [-0.3, -0.25) is 5.10 Å². The summed E-state index contributed by atoms with van der Waals surface area (Å²) in [7, 11) is 1.62. The predicted molar refractivity (Wildman–Crippen MR) is 103 cm³/mol. The maximum atomic E-state index is 12.7. The topological polar surface area (TPSA) is 88.3 Å². The molecule has 0 fully saturated rings. The summed E-state index contributed by atoms with van der Waals surface area (Å²) >= 11 is 0. The van der Waals surface area contributed by atoms with Gasteiger partial charge in [0.25, 0.3) is 0 Å². The number of amides is 2. The van der Waals surface area contributed by atoms with Gasteiger partial charge in [0.1, 0.15) is 17.1 Å². The van der Waals surface area contributed by atoms with Crippen molar-refractivity contribution in [3.8, 4) is 11.5 Å². The van der Waals surface area contributed by atoms with E-state index in [1.807, 2.05) is 50.2 Å². The number of nitrogens with one attached hydrogen (secondary N) is 3. The van der Waals surface area contributed by atoms with Crippen LogP contribution in [0.5, 0.6) is 11.5 Å². The van der Waals surface area contributed by atoms with Gasteiger partial charge in [0.05, 0.1) is 30.6 Å². The van der Waals surface area contributed by atoms with Crippen molar-refractivity contribution in [2.75, 3.05) is 12.4 Å². The summed E-state index contributed by atoms with van der Waals surface area (Å²) in [6.07, 6.45) is 2.36. The lowest BCUT2D eigenvalue weighted by Crippen LogP contribution is -2.42. The van der Waals surface area contributed by atoms with Crippen molar-refractivity contribution < 1.29 is 14.3 Å². The van der Waals surface area contributed by atoms with E-state index < -0.39 is 5.60 Å². The number of urea groups is 1. The Balaban J connectivity index is 1.57. The van der Waals surface area contributed by atoms with Crippen LogP contribution in [0.15, 0.2) is 42.6 Å². The zero-order valence-electron chi connectivity index (χ0n) is 15.5. The van der Waals surface area contributed by atoms with Crippen LogP contribution >= 0.6 is 0 Å². The lowest BCUT2D eigenvalue weighted by Gasteiger charge is -2.38. The van der Waals surface area contributed by atoms with E-state index in [2.05, 4.69) is 20.8 Å². The third kappa shape index (κ3) is 3.40. The molecule has 7 heteroatoms. The van der Waals surface area contributed by atoms with Crippen molar-refractivity contribution in [1.29, 1.82) is 0 Å². The first kappa shape index (κ1) is 17.2. The number of H-pyrrole nitrogens is 1. The number of aromatic nitrogens is 2. The third-order valence-corrected chi connectivity index (χ3v) is 4.72. The molecule has 0 radical (unpaired) electrons. The van der Waals surface area contributed by atoms with Gasteiger partial charge >= 0.3 is 6.03 Å². The average Bonchev–Trinajstić information content (AvgIpc) is 3.10. The molecule has 2 amide bonds. The smallest absolute Gasteiger partial charge is 0.319 e. The summed E-state index contributed by atoms with van der Waals surface area (Å²) in [5.41, 5.74) is 2.12. The number of hydrogen-bond donors (Lipinski definition) is 3. The van der Waals surface area contributed by atoms with Gasteiger partial charge in [-0.25, -0.2) is 4.79 Å². The van der Waals surface area contributed by atoms with Crippen LogP contribution in [-0.2, 0) is 0 Å². The highest BCUT2D eigenvalue weighted by molar-refractivity contribution is 6.00. The maximum absolute atomic E-state index is 12.7. The molecule has 0 spiro atoms. The molecule has 140 valence electrons. The first-order chi connectivity index (χ1) is 12.9. The Morgan fingerprint density at radius 1 is 1.33 bits per heavy atom. The van der Waals surface area contributed by atoms with Crippen molar-refractivity contribution in [2.45, 2.75) is 31.9 Å². The number of methoxy groups -OCH3 is 1. The number of carbonyl (C=O) groups is 1. The van der Waals surface area contributed by atoms with Crippen molar-refractivity contribution in [2.24, 2.45) is 0 Å². The van der Waals surface area contributed by atoms with E-state index in [1.54, 1.807) is 13.3 Å². The van der Waals surface area contributed by atoms with Gasteiger partial charge in [-0.1, -0.05) is 6.07 Å². The lowest BCUT2D eigenvalue weighted by molar-refractivity contribution is 0.0679. The summed E-state index contributed by atoms with van der Waals surface area (Å²) in [5, 5.41) is 13.8. The second kappa shape index (κ2) is 6.50. The zero-order valence-corrected chi connectivity index (χ0v) is 15.5. The minimum atomic E-state index is -0.401. The van der Waals surface area contributed by atoms with Crippen molar-refractivity contribution in [1.82, 2.24) is 15.5 Å². The van der Waals surface area contributed by atoms with Gasteiger partial charge in [-0.15, -0.1) is 0 Å². The summed E-state index contributed by atoms with van der Waals surface area (Å²) in [4.78, 5) is 12.7. The molecule has 0 saturated carbocycles. The highest BCUT2D eigenvalue weighted by Crippen LogP contribution is 2.41. The molecule has 27 heavy (non-hydrogen) atoms. The minimum Gasteiger partial charge on any atom is -0.497 e. The minimum absolute atomic E-state index is 0.168. The first-order valence-electron chi connectivity index (χ1n) is 8.82. The molecule has 4 rings (SSSR count). The number of hydrogen-bond acceptors (Lipinski definition) is 4. The normalized spacial score (nSPS) is 17.7. The average molecular weight is 366 g/mol. The number of benzene rings is 2. The fourth-order valence-corrected chi connectivity index (χ4v) is 3.48. The van der Waals surface area contributed by atoms with Crippen LogP contribution in [0.25, 0.3) is 10.9 Å². The van der Waals surface area contributed by atoms with Crippen LogP contribution in [0.1, 0.15) is 31.9 Å². The molecular formula is C20H22N4O3. The van der Waals surface area contributed by atoms with Crippen LogP contribution in [0.4, 0.5) is 10.5 Å². The highest BCUT2D eigenvalue weighted by atomic mass is 16.5. The number of nitrogens with zero attached hydrogens (tertiary/aromatic N) is 1. The van der Waals surface area contributed by atoms with Gasteiger partial charge in [-0.2, -0.15) is 5.10 Å². The number of ether oxygens (including phenoxy) is 2. The van der Waals surface area contributed by atoms with Crippen LogP contribution < -0.4 is 20.1 Å². The fraction of sp³-hybridized carbons (Fsp3) is 0.300. The summed E-state index contributed by atoms with van der Waals surface area (Å²) in [6, 6.07) is 10.9. The second-order valence-electron chi connectivity index (χ2n) is 7.26.